The summed E-state index contributed by atoms with van der Waals surface area (Å²) in [6.07, 6.45) is 1.72. The molecule has 0 saturated carbocycles. The van der Waals surface area contributed by atoms with Crippen molar-refractivity contribution in [2.24, 2.45) is 0 Å². The van der Waals surface area contributed by atoms with Crippen LogP contribution >= 0.6 is 11.8 Å². The molecule has 0 bridgehead atoms. The first-order valence-electron chi connectivity index (χ1n) is 15.4. The van der Waals surface area contributed by atoms with E-state index in [1.165, 1.54) is 5.56 Å². The molecule has 7 rings (SSSR count). The second kappa shape index (κ2) is 14.0. The second-order valence-corrected chi connectivity index (χ2v) is 12.1. The van der Waals surface area contributed by atoms with E-state index in [0.29, 0.717) is 29.8 Å². The molecule has 10 heteroatoms. The first-order valence-corrected chi connectivity index (χ1v) is 16.3. The van der Waals surface area contributed by atoms with Crippen LogP contribution in [0, 0.1) is 0 Å². The Morgan fingerprint density at radius 2 is 1.65 bits per heavy atom. The van der Waals surface area contributed by atoms with Gasteiger partial charge in [-0.25, -0.2) is 9.97 Å². The van der Waals surface area contributed by atoms with Crippen LogP contribution in [0.2, 0.25) is 0 Å². The summed E-state index contributed by atoms with van der Waals surface area (Å²) in [6.45, 7) is 5.14. The van der Waals surface area contributed by atoms with Crippen molar-refractivity contribution in [3.05, 3.63) is 126 Å². The van der Waals surface area contributed by atoms with Gasteiger partial charge in [-0.1, -0.05) is 66.4 Å². The number of piperazine rings is 1. The fourth-order valence-electron chi connectivity index (χ4n) is 5.55. The van der Waals surface area contributed by atoms with Gasteiger partial charge in [0.2, 0.25) is 6.79 Å². The number of nitrogens with zero attached hydrogens (tertiary/aromatic N) is 5. The Morgan fingerprint density at radius 1 is 0.804 bits per heavy atom. The molecule has 2 aliphatic rings. The molecule has 0 radical (unpaired) electrons. The Bertz CT molecular complexity index is 1800. The molecule has 232 valence electrons. The van der Waals surface area contributed by atoms with Crippen LogP contribution in [0.5, 0.6) is 11.5 Å². The normalized spacial score (nSPS) is 14.3. The van der Waals surface area contributed by atoms with Crippen molar-refractivity contribution in [1.29, 1.82) is 0 Å². The van der Waals surface area contributed by atoms with Gasteiger partial charge in [-0.05, 0) is 47.5 Å². The van der Waals surface area contributed by atoms with Crippen molar-refractivity contribution in [2.45, 2.75) is 24.0 Å². The minimum absolute atomic E-state index is 0.125. The summed E-state index contributed by atoms with van der Waals surface area (Å²) in [5.41, 5.74) is 5.65. The largest absolute Gasteiger partial charge is 0.454 e. The summed E-state index contributed by atoms with van der Waals surface area (Å²) >= 11 is 1.58. The minimum Gasteiger partial charge on any atom is -0.454 e. The van der Waals surface area contributed by atoms with E-state index in [1.807, 2.05) is 66.7 Å². The first kappa shape index (κ1) is 29.8. The topological polar surface area (TPSA) is 92.7 Å². The standard InChI is InChI=1S/C36H34N6O3S/c43-35(38-22-30-11-4-5-14-37-30)29-10-6-7-27(19-29)24-46-36-39-31(28-8-2-1-3-9-28)21-34(40-36)42-17-15-41(16-18-42)23-26-12-13-32-33(20-26)45-25-44-32/h1-14,19-21H,15-18,22-25H2,(H,38,43). The number of fused-ring (bicyclic) bond motifs is 1. The molecule has 1 saturated heterocycles. The zero-order valence-corrected chi connectivity index (χ0v) is 26.2. The number of aromatic nitrogens is 3. The highest BCUT2D eigenvalue weighted by Crippen LogP contribution is 2.33. The van der Waals surface area contributed by atoms with Crippen LogP contribution in [-0.4, -0.2) is 58.7 Å². The van der Waals surface area contributed by atoms with E-state index in [9.17, 15) is 4.79 Å². The number of anilines is 1. The predicted octanol–water partition coefficient (Wildman–Crippen LogP) is 5.81. The van der Waals surface area contributed by atoms with Crippen molar-refractivity contribution in [1.82, 2.24) is 25.2 Å². The van der Waals surface area contributed by atoms with Gasteiger partial charge in [0.1, 0.15) is 5.82 Å². The maximum Gasteiger partial charge on any atom is 0.251 e. The lowest BCUT2D eigenvalue weighted by molar-refractivity contribution is 0.0950. The van der Waals surface area contributed by atoms with Gasteiger partial charge < -0.3 is 19.7 Å². The predicted molar refractivity (Wildman–Crippen MR) is 179 cm³/mol. The van der Waals surface area contributed by atoms with Crippen molar-refractivity contribution in [3.63, 3.8) is 0 Å². The summed E-state index contributed by atoms with van der Waals surface area (Å²) < 4.78 is 11.0. The Labute approximate surface area is 272 Å². The highest BCUT2D eigenvalue weighted by molar-refractivity contribution is 7.98. The van der Waals surface area contributed by atoms with Crippen molar-refractivity contribution < 1.29 is 14.3 Å². The Morgan fingerprint density at radius 3 is 2.50 bits per heavy atom. The number of carbonyl (C=O) groups is 1. The van der Waals surface area contributed by atoms with E-state index in [0.717, 1.165) is 72.6 Å². The molecule has 5 aromatic rings. The molecule has 0 spiro atoms. The molecule has 46 heavy (non-hydrogen) atoms. The van der Waals surface area contributed by atoms with Gasteiger partial charge in [-0.3, -0.25) is 14.7 Å². The number of amides is 1. The lowest BCUT2D eigenvalue weighted by Crippen LogP contribution is -2.46. The van der Waals surface area contributed by atoms with Crippen LogP contribution in [0.3, 0.4) is 0 Å². The number of hydrogen-bond donors (Lipinski definition) is 1. The van der Waals surface area contributed by atoms with Gasteiger partial charge in [0.25, 0.3) is 5.91 Å². The van der Waals surface area contributed by atoms with Gasteiger partial charge in [0.05, 0.1) is 17.9 Å². The van der Waals surface area contributed by atoms with E-state index in [-0.39, 0.29) is 5.91 Å². The number of thioether (sulfide) groups is 1. The molecule has 1 amide bonds. The fourth-order valence-corrected chi connectivity index (χ4v) is 6.35. The Balaban J connectivity index is 1.02. The van der Waals surface area contributed by atoms with E-state index in [4.69, 9.17) is 19.4 Å². The van der Waals surface area contributed by atoms with Gasteiger partial charge in [0.15, 0.2) is 16.7 Å². The molecule has 0 unspecified atom stereocenters. The van der Waals surface area contributed by atoms with Crippen molar-refractivity contribution in [3.8, 4) is 22.8 Å². The number of carbonyl (C=O) groups excluding carboxylic acids is 1. The van der Waals surface area contributed by atoms with Gasteiger partial charge in [0, 0.05) is 61.9 Å². The summed E-state index contributed by atoms with van der Waals surface area (Å²) in [5.74, 6) is 3.09. The molecule has 1 fully saturated rings. The smallest absolute Gasteiger partial charge is 0.251 e. The molecule has 0 aliphatic carbocycles. The molecular formula is C36H34N6O3S. The zero-order chi connectivity index (χ0) is 31.1. The number of nitrogens with one attached hydrogen (secondary N) is 1. The van der Waals surface area contributed by atoms with Crippen LogP contribution in [-0.2, 0) is 18.8 Å². The molecule has 1 N–H and O–H groups in total. The molecule has 4 heterocycles. The van der Waals surface area contributed by atoms with Gasteiger partial charge >= 0.3 is 0 Å². The average Bonchev–Trinajstić information content (AvgIpc) is 3.59. The summed E-state index contributed by atoms with van der Waals surface area (Å²) in [7, 11) is 0. The fraction of sp³-hybridized carbons (Fsp3) is 0.222. The SMILES string of the molecule is O=C(NCc1ccccn1)c1cccc(CSc2nc(-c3ccccc3)cc(N3CCN(Cc4ccc5c(c4)OCO5)CC3)n2)c1. The van der Waals surface area contributed by atoms with Crippen LogP contribution in [0.15, 0.2) is 108 Å². The molecule has 2 aromatic heterocycles. The molecular weight excluding hydrogens is 597 g/mol. The first-order chi connectivity index (χ1) is 22.7. The average molecular weight is 631 g/mol. The van der Waals surface area contributed by atoms with E-state index >= 15 is 0 Å². The summed E-state index contributed by atoms with van der Waals surface area (Å²) in [6, 6.07) is 31.9. The Hall–Kier alpha value is -4.93. The van der Waals surface area contributed by atoms with Crippen LogP contribution in [0.4, 0.5) is 5.82 Å². The minimum atomic E-state index is -0.125. The van der Waals surface area contributed by atoms with Crippen molar-refractivity contribution >= 4 is 23.5 Å². The quantitative estimate of drug-likeness (QED) is 0.152. The molecule has 2 aliphatic heterocycles. The summed E-state index contributed by atoms with van der Waals surface area (Å²) in [5, 5.41) is 3.67. The third kappa shape index (κ3) is 7.30. The number of pyridine rings is 1. The van der Waals surface area contributed by atoms with E-state index in [2.05, 4.69) is 50.4 Å². The zero-order valence-electron chi connectivity index (χ0n) is 25.3. The lowest BCUT2D eigenvalue weighted by atomic mass is 10.1. The van der Waals surface area contributed by atoms with Crippen LogP contribution < -0.4 is 19.7 Å². The van der Waals surface area contributed by atoms with E-state index < -0.39 is 0 Å². The molecule has 9 nitrogen and oxygen atoms in total. The monoisotopic (exact) mass is 630 g/mol. The maximum atomic E-state index is 12.8. The number of rotatable bonds is 10. The number of ether oxygens (including phenoxy) is 2. The summed E-state index contributed by atoms with van der Waals surface area (Å²) in [4.78, 5) is 31.9. The second-order valence-electron chi connectivity index (χ2n) is 11.2. The lowest BCUT2D eigenvalue weighted by Gasteiger charge is -2.35. The molecule has 0 atom stereocenters. The van der Waals surface area contributed by atoms with E-state index in [1.54, 1.807) is 18.0 Å². The number of hydrogen-bond acceptors (Lipinski definition) is 9. The van der Waals surface area contributed by atoms with Crippen LogP contribution in [0.25, 0.3) is 11.3 Å². The third-order valence-electron chi connectivity index (χ3n) is 8.01. The van der Waals surface area contributed by atoms with Gasteiger partial charge in [-0.15, -0.1) is 0 Å². The van der Waals surface area contributed by atoms with Gasteiger partial charge in [-0.2, -0.15) is 0 Å². The highest BCUT2D eigenvalue weighted by Gasteiger charge is 2.21. The Kier molecular flexibility index (Phi) is 9.07. The van der Waals surface area contributed by atoms with Crippen LogP contribution in [0.1, 0.15) is 27.2 Å². The number of benzene rings is 3. The third-order valence-corrected chi connectivity index (χ3v) is 8.93. The van der Waals surface area contributed by atoms with Crippen molar-refractivity contribution in [2.75, 3.05) is 37.9 Å². The maximum absolute atomic E-state index is 12.8. The molecule has 3 aromatic carbocycles. The highest BCUT2D eigenvalue weighted by atomic mass is 32.2.